The first-order valence-electron chi connectivity index (χ1n) is 9.18. The van der Waals surface area contributed by atoms with Crippen LogP contribution in [0.5, 0.6) is 0 Å². The lowest BCUT2D eigenvalue weighted by Crippen LogP contribution is -2.12. The predicted octanol–water partition coefficient (Wildman–Crippen LogP) is 5.11. The summed E-state index contributed by atoms with van der Waals surface area (Å²) in [7, 11) is 0. The molecule has 0 spiro atoms. The van der Waals surface area contributed by atoms with Gasteiger partial charge in [-0.25, -0.2) is 0 Å². The smallest absolute Gasteiger partial charge is 0.306 e. The SMILES string of the molecule is CCCCCCCCOC(=O)CCC(=O)OCCc1ccccc1Cl. The normalized spacial score (nSPS) is 10.5. The Kier molecular flexibility index (Phi) is 11.8. The van der Waals surface area contributed by atoms with E-state index >= 15 is 0 Å². The first-order chi connectivity index (χ1) is 12.1. The standard InChI is InChI=1S/C20H29ClO4/c1-2-3-4-5-6-9-15-24-19(22)12-13-20(23)25-16-14-17-10-7-8-11-18(17)21/h7-8,10-11H,2-6,9,12-16H2,1H3. The fourth-order valence-corrected chi connectivity index (χ4v) is 2.62. The molecule has 1 rings (SSSR count). The second-order valence-electron chi connectivity index (χ2n) is 6.05. The Balaban J connectivity index is 2.01. The molecule has 0 N–H and O–H groups in total. The number of hydrogen-bond acceptors (Lipinski definition) is 4. The molecule has 0 aliphatic heterocycles. The van der Waals surface area contributed by atoms with Crippen LogP contribution >= 0.6 is 11.6 Å². The van der Waals surface area contributed by atoms with E-state index in [1.54, 1.807) is 6.07 Å². The van der Waals surface area contributed by atoms with Crippen LogP contribution in [0.1, 0.15) is 63.9 Å². The van der Waals surface area contributed by atoms with Crippen molar-refractivity contribution >= 4 is 23.5 Å². The highest BCUT2D eigenvalue weighted by atomic mass is 35.5. The molecule has 0 aliphatic rings. The minimum Gasteiger partial charge on any atom is -0.466 e. The van der Waals surface area contributed by atoms with Crippen LogP contribution in [0.3, 0.4) is 0 Å². The fourth-order valence-electron chi connectivity index (χ4n) is 2.39. The Morgan fingerprint density at radius 2 is 1.48 bits per heavy atom. The molecule has 0 aliphatic carbocycles. The van der Waals surface area contributed by atoms with Crippen LogP contribution in [0.15, 0.2) is 24.3 Å². The molecule has 0 heterocycles. The van der Waals surface area contributed by atoms with E-state index in [2.05, 4.69) is 6.92 Å². The summed E-state index contributed by atoms with van der Waals surface area (Å²) in [5.41, 5.74) is 0.940. The van der Waals surface area contributed by atoms with E-state index in [1.165, 1.54) is 25.7 Å². The van der Waals surface area contributed by atoms with Gasteiger partial charge in [-0.05, 0) is 18.1 Å². The van der Waals surface area contributed by atoms with E-state index in [0.29, 0.717) is 18.1 Å². The molecule has 0 fully saturated rings. The average molecular weight is 369 g/mol. The molecular formula is C20H29ClO4. The Morgan fingerprint density at radius 3 is 2.16 bits per heavy atom. The van der Waals surface area contributed by atoms with Crippen molar-refractivity contribution in [3.63, 3.8) is 0 Å². The van der Waals surface area contributed by atoms with Crippen LogP contribution < -0.4 is 0 Å². The number of benzene rings is 1. The molecule has 1 aromatic carbocycles. The highest BCUT2D eigenvalue weighted by Gasteiger charge is 2.09. The van der Waals surface area contributed by atoms with Crippen molar-refractivity contribution in [2.45, 2.75) is 64.7 Å². The molecule has 1 aromatic rings. The van der Waals surface area contributed by atoms with E-state index < -0.39 is 0 Å². The Bertz CT molecular complexity index is 516. The van der Waals surface area contributed by atoms with Gasteiger partial charge in [-0.2, -0.15) is 0 Å². The van der Waals surface area contributed by atoms with Crippen molar-refractivity contribution in [1.29, 1.82) is 0 Å². The fraction of sp³-hybridized carbons (Fsp3) is 0.600. The summed E-state index contributed by atoms with van der Waals surface area (Å²) in [6.45, 7) is 2.88. The molecule has 25 heavy (non-hydrogen) atoms. The third-order valence-corrected chi connectivity index (χ3v) is 4.26. The van der Waals surface area contributed by atoms with E-state index in [4.69, 9.17) is 21.1 Å². The third kappa shape index (κ3) is 10.8. The summed E-state index contributed by atoms with van der Waals surface area (Å²) >= 11 is 6.04. The van der Waals surface area contributed by atoms with Gasteiger partial charge in [0.05, 0.1) is 26.1 Å². The first kappa shape index (κ1) is 21.5. The predicted molar refractivity (Wildman–Crippen MR) is 99.7 cm³/mol. The lowest BCUT2D eigenvalue weighted by molar-refractivity contribution is -0.150. The maximum atomic E-state index is 11.6. The summed E-state index contributed by atoms with van der Waals surface area (Å²) in [5.74, 6) is -0.722. The maximum Gasteiger partial charge on any atom is 0.306 e. The topological polar surface area (TPSA) is 52.6 Å². The van der Waals surface area contributed by atoms with Gasteiger partial charge in [0.15, 0.2) is 0 Å². The number of carbonyl (C=O) groups is 2. The highest BCUT2D eigenvalue weighted by molar-refractivity contribution is 6.31. The van der Waals surface area contributed by atoms with Gasteiger partial charge in [-0.1, -0.05) is 68.8 Å². The molecule has 0 bridgehead atoms. The van der Waals surface area contributed by atoms with Crippen molar-refractivity contribution in [2.24, 2.45) is 0 Å². The molecule has 0 amide bonds. The average Bonchev–Trinajstić information content (AvgIpc) is 2.61. The van der Waals surface area contributed by atoms with Crippen molar-refractivity contribution in [3.05, 3.63) is 34.9 Å². The minimum atomic E-state index is -0.386. The van der Waals surface area contributed by atoms with Gasteiger partial charge in [0.1, 0.15) is 0 Å². The summed E-state index contributed by atoms with van der Waals surface area (Å²) in [5, 5.41) is 0.664. The molecule has 0 saturated heterocycles. The zero-order valence-corrected chi connectivity index (χ0v) is 15.9. The second kappa shape index (κ2) is 13.7. The maximum absolute atomic E-state index is 11.6. The number of esters is 2. The zero-order valence-electron chi connectivity index (χ0n) is 15.1. The Hall–Kier alpha value is -1.55. The molecular weight excluding hydrogens is 340 g/mol. The number of rotatable bonds is 13. The monoisotopic (exact) mass is 368 g/mol. The van der Waals surface area contributed by atoms with Crippen molar-refractivity contribution in [3.8, 4) is 0 Å². The minimum absolute atomic E-state index is 0.0534. The van der Waals surface area contributed by atoms with Crippen LogP contribution in [0.2, 0.25) is 5.02 Å². The lowest BCUT2D eigenvalue weighted by atomic mass is 10.1. The quantitative estimate of drug-likeness (QED) is 0.358. The molecule has 4 nitrogen and oxygen atoms in total. The number of halogens is 1. The molecule has 0 atom stereocenters. The molecule has 0 unspecified atom stereocenters. The van der Waals surface area contributed by atoms with Crippen molar-refractivity contribution in [1.82, 2.24) is 0 Å². The van der Waals surface area contributed by atoms with Gasteiger partial charge in [0, 0.05) is 11.4 Å². The third-order valence-electron chi connectivity index (χ3n) is 3.89. The van der Waals surface area contributed by atoms with Crippen LogP contribution in [-0.4, -0.2) is 25.2 Å². The largest absolute Gasteiger partial charge is 0.466 e. The summed E-state index contributed by atoms with van der Waals surface area (Å²) in [6.07, 6.45) is 7.57. The van der Waals surface area contributed by atoms with E-state index in [-0.39, 0.29) is 31.4 Å². The molecule has 5 heteroatoms. The zero-order chi connectivity index (χ0) is 18.3. The number of unbranched alkanes of at least 4 members (excludes halogenated alkanes) is 5. The Labute approximate surface area is 155 Å². The van der Waals surface area contributed by atoms with Gasteiger partial charge in [-0.15, -0.1) is 0 Å². The summed E-state index contributed by atoms with van der Waals surface area (Å²) in [6, 6.07) is 7.45. The Morgan fingerprint density at radius 1 is 0.880 bits per heavy atom. The van der Waals surface area contributed by atoms with Gasteiger partial charge in [0.25, 0.3) is 0 Å². The number of hydrogen-bond donors (Lipinski definition) is 0. The molecule has 0 aromatic heterocycles. The summed E-state index contributed by atoms with van der Waals surface area (Å²) < 4.78 is 10.3. The van der Waals surface area contributed by atoms with Crippen molar-refractivity contribution < 1.29 is 19.1 Å². The van der Waals surface area contributed by atoms with Crippen LogP contribution in [-0.2, 0) is 25.5 Å². The van der Waals surface area contributed by atoms with Crippen LogP contribution in [0.4, 0.5) is 0 Å². The van der Waals surface area contributed by atoms with Gasteiger partial charge in [0.2, 0.25) is 0 Å². The highest BCUT2D eigenvalue weighted by Crippen LogP contribution is 2.15. The van der Waals surface area contributed by atoms with E-state index in [1.807, 2.05) is 18.2 Å². The molecule has 0 saturated carbocycles. The molecule has 0 radical (unpaired) electrons. The van der Waals surface area contributed by atoms with Gasteiger partial charge >= 0.3 is 11.9 Å². The van der Waals surface area contributed by atoms with Crippen LogP contribution in [0, 0.1) is 0 Å². The van der Waals surface area contributed by atoms with Gasteiger partial charge in [-0.3, -0.25) is 9.59 Å². The summed E-state index contributed by atoms with van der Waals surface area (Å²) in [4.78, 5) is 23.2. The molecule has 140 valence electrons. The second-order valence-corrected chi connectivity index (χ2v) is 6.46. The van der Waals surface area contributed by atoms with Crippen molar-refractivity contribution in [2.75, 3.05) is 13.2 Å². The van der Waals surface area contributed by atoms with Crippen LogP contribution in [0.25, 0.3) is 0 Å². The van der Waals surface area contributed by atoms with Gasteiger partial charge < -0.3 is 9.47 Å². The number of carbonyl (C=O) groups excluding carboxylic acids is 2. The van der Waals surface area contributed by atoms with E-state index in [9.17, 15) is 9.59 Å². The first-order valence-corrected chi connectivity index (χ1v) is 9.56. The lowest BCUT2D eigenvalue weighted by Gasteiger charge is -2.07. The number of ether oxygens (including phenoxy) is 2. The van der Waals surface area contributed by atoms with E-state index in [0.717, 1.165) is 18.4 Å².